The molecule has 0 unspecified atom stereocenters. The number of anilines is 1. The SMILES string of the molecule is COc1cc(/C=C2/SC(=O)N(CC(=O)N3CCc4ccccc4C3)C2=O)ccc1OCC(=O)Nc1cc(C)c(C)cc1Br. The van der Waals surface area contributed by atoms with Gasteiger partial charge in [-0.3, -0.25) is 24.1 Å². The molecule has 5 rings (SSSR count). The standard InChI is InChI=1S/C32H30BrN3O6S/c1-19-12-24(33)25(13-20(19)2)34-29(37)18-42-26-9-8-21(14-27(26)41-3)15-28-31(39)36(32(40)43-28)17-30(38)35-11-10-22-6-4-5-7-23(22)16-35/h4-9,12-15H,10-11,16-18H2,1-3H3,(H,34,37)/b28-15+. The van der Waals surface area contributed by atoms with Crippen LogP contribution in [0.1, 0.15) is 27.8 Å². The highest BCUT2D eigenvalue weighted by molar-refractivity contribution is 9.10. The molecule has 9 nitrogen and oxygen atoms in total. The molecule has 4 amide bonds. The molecule has 0 atom stereocenters. The molecule has 3 aromatic rings. The van der Waals surface area contributed by atoms with Crippen molar-refractivity contribution in [3.63, 3.8) is 0 Å². The molecule has 1 saturated heterocycles. The average molecular weight is 665 g/mol. The third-order valence-corrected chi connectivity index (χ3v) is 8.92. The van der Waals surface area contributed by atoms with E-state index >= 15 is 0 Å². The van der Waals surface area contributed by atoms with Crippen molar-refractivity contribution in [2.75, 3.05) is 32.1 Å². The first-order chi connectivity index (χ1) is 20.6. The predicted molar refractivity (Wildman–Crippen MR) is 169 cm³/mol. The van der Waals surface area contributed by atoms with Gasteiger partial charge in [-0.05, 0) is 106 Å². The number of ether oxygens (including phenoxy) is 2. The smallest absolute Gasteiger partial charge is 0.294 e. The summed E-state index contributed by atoms with van der Waals surface area (Å²) in [6.07, 6.45) is 2.31. The number of hydrogen-bond donors (Lipinski definition) is 1. The second-order valence-electron chi connectivity index (χ2n) is 10.3. The number of nitrogens with zero attached hydrogens (tertiary/aromatic N) is 2. The second kappa shape index (κ2) is 13.0. The highest BCUT2D eigenvalue weighted by Crippen LogP contribution is 2.35. The van der Waals surface area contributed by atoms with Gasteiger partial charge in [-0.1, -0.05) is 30.3 Å². The molecular weight excluding hydrogens is 634 g/mol. The zero-order valence-electron chi connectivity index (χ0n) is 23.9. The number of halogens is 1. The van der Waals surface area contributed by atoms with Crippen LogP contribution >= 0.6 is 27.7 Å². The Labute approximate surface area is 262 Å². The molecule has 2 aliphatic rings. The van der Waals surface area contributed by atoms with Gasteiger partial charge in [-0.15, -0.1) is 0 Å². The third kappa shape index (κ3) is 6.94. The quantitative estimate of drug-likeness (QED) is 0.308. The first-order valence-electron chi connectivity index (χ1n) is 13.6. The van der Waals surface area contributed by atoms with E-state index < -0.39 is 11.1 Å². The van der Waals surface area contributed by atoms with Gasteiger partial charge in [0, 0.05) is 17.6 Å². The molecule has 0 radical (unpaired) electrons. The zero-order valence-corrected chi connectivity index (χ0v) is 26.3. The molecule has 3 aromatic carbocycles. The van der Waals surface area contributed by atoms with Crippen LogP contribution in [0.2, 0.25) is 0 Å². The van der Waals surface area contributed by atoms with E-state index in [4.69, 9.17) is 9.47 Å². The van der Waals surface area contributed by atoms with Crippen LogP contribution in [-0.2, 0) is 27.3 Å². The number of benzene rings is 3. The lowest BCUT2D eigenvalue weighted by Gasteiger charge is -2.29. The molecule has 222 valence electrons. The van der Waals surface area contributed by atoms with Crippen LogP contribution in [0.5, 0.6) is 11.5 Å². The van der Waals surface area contributed by atoms with E-state index in [1.54, 1.807) is 29.2 Å². The summed E-state index contributed by atoms with van der Waals surface area (Å²) in [5.41, 5.74) is 5.68. The van der Waals surface area contributed by atoms with E-state index in [-0.39, 0.29) is 29.9 Å². The fourth-order valence-electron chi connectivity index (χ4n) is 4.83. The fourth-order valence-corrected chi connectivity index (χ4v) is 6.23. The molecule has 0 spiro atoms. The minimum atomic E-state index is -0.519. The van der Waals surface area contributed by atoms with Gasteiger partial charge in [0.05, 0.1) is 17.7 Å². The molecule has 0 aromatic heterocycles. The third-order valence-electron chi connectivity index (χ3n) is 7.35. The first-order valence-corrected chi connectivity index (χ1v) is 15.2. The summed E-state index contributed by atoms with van der Waals surface area (Å²) >= 11 is 4.26. The Balaban J connectivity index is 1.21. The summed E-state index contributed by atoms with van der Waals surface area (Å²) in [6, 6.07) is 16.8. The van der Waals surface area contributed by atoms with E-state index in [1.807, 2.05) is 44.2 Å². The van der Waals surface area contributed by atoms with Gasteiger partial charge < -0.3 is 19.7 Å². The topological polar surface area (TPSA) is 105 Å². The molecule has 1 N–H and O–H groups in total. The van der Waals surface area contributed by atoms with Crippen LogP contribution in [-0.4, -0.2) is 59.6 Å². The van der Waals surface area contributed by atoms with Crippen molar-refractivity contribution in [1.29, 1.82) is 0 Å². The number of carbonyl (C=O) groups excluding carboxylic acids is 4. The molecule has 1 fully saturated rings. The number of nitrogens with one attached hydrogen (secondary N) is 1. The van der Waals surface area contributed by atoms with Crippen LogP contribution in [0.3, 0.4) is 0 Å². The summed E-state index contributed by atoms with van der Waals surface area (Å²) in [5, 5.41) is 2.34. The lowest BCUT2D eigenvalue weighted by molar-refractivity contribution is -0.136. The zero-order chi connectivity index (χ0) is 30.7. The van der Waals surface area contributed by atoms with Gasteiger partial charge in [0.2, 0.25) is 5.91 Å². The van der Waals surface area contributed by atoms with Gasteiger partial charge in [0.15, 0.2) is 18.1 Å². The molecule has 11 heteroatoms. The van der Waals surface area contributed by atoms with Crippen molar-refractivity contribution in [1.82, 2.24) is 9.80 Å². The van der Waals surface area contributed by atoms with Gasteiger partial charge in [-0.2, -0.15) is 0 Å². The number of carbonyl (C=O) groups is 4. The van der Waals surface area contributed by atoms with Crippen LogP contribution in [0.4, 0.5) is 10.5 Å². The number of methoxy groups -OCH3 is 1. The maximum atomic E-state index is 13.1. The monoisotopic (exact) mass is 663 g/mol. The lowest BCUT2D eigenvalue weighted by Crippen LogP contribution is -2.44. The number of rotatable bonds is 8. The lowest BCUT2D eigenvalue weighted by atomic mass is 10.00. The Kier molecular flexibility index (Phi) is 9.22. The number of fused-ring (bicyclic) bond motifs is 1. The van der Waals surface area contributed by atoms with E-state index in [9.17, 15) is 19.2 Å². The van der Waals surface area contributed by atoms with Gasteiger partial charge in [0.1, 0.15) is 6.54 Å². The Hall–Kier alpha value is -4.09. The van der Waals surface area contributed by atoms with Crippen molar-refractivity contribution in [2.45, 2.75) is 26.8 Å². The maximum absolute atomic E-state index is 13.1. The number of aryl methyl sites for hydroxylation is 2. The molecular formula is C32H30BrN3O6S. The van der Waals surface area contributed by atoms with E-state index in [2.05, 4.69) is 27.3 Å². The first kappa shape index (κ1) is 30.4. The van der Waals surface area contributed by atoms with Gasteiger partial charge in [-0.25, -0.2) is 0 Å². The molecule has 0 aliphatic carbocycles. The molecule has 43 heavy (non-hydrogen) atoms. The normalized spacial score (nSPS) is 15.5. The van der Waals surface area contributed by atoms with Crippen molar-refractivity contribution < 1.29 is 28.7 Å². The van der Waals surface area contributed by atoms with Crippen molar-refractivity contribution in [2.24, 2.45) is 0 Å². The Morgan fingerprint density at radius 2 is 1.77 bits per heavy atom. The summed E-state index contributed by atoms with van der Waals surface area (Å²) < 4.78 is 11.9. The van der Waals surface area contributed by atoms with E-state index in [0.717, 1.165) is 44.2 Å². The second-order valence-corrected chi connectivity index (χ2v) is 12.1. The van der Waals surface area contributed by atoms with Crippen LogP contribution in [0.15, 0.2) is 64.0 Å². The largest absolute Gasteiger partial charge is 0.493 e. The maximum Gasteiger partial charge on any atom is 0.294 e. The number of hydrogen-bond acceptors (Lipinski definition) is 7. The van der Waals surface area contributed by atoms with Crippen molar-refractivity contribution in [3.05, 3.63) is 91.8 Å². The Morgan fingerprint density at radius 3 is 2.53 bits per heavy atom. The number of amides is 4. The van der Waals surface area contributed by atoms with Crippen molar-refractivity contribution >= 4 is 62.4 Å². The Bertz CT molecular complexity index is 1660. The predicted octanol–water partition coefficient (Wildman–Crippen LogP) is 5.71. The molecule has 0 saturated carbocycles. The minimum absolute atomic E-state index is 0.204. The Morgan fingerprint density at radius 1 is 1.02 bits per heavy atom. The molecule has 2 heterocycles. The molecule has 0 bridgehead atoms. The van der Waals surface area contributed by atoms with E-state index in [0.29, 0.717) is 35.8 Å². The fraction of sp³-hybridized carbons (Fsp3) is 0.250. The van der Waals surface area contributed by atoms with E-state index in [1.165, 1.54) is 12.7 Å². The summed E-state index contributed by atoms with van der Waals surface area (Å²) in [4.78, 5) is 54.2. The van der Waals surface area contributed by atoms with Crippen LogP contribution in [0, 0.1) is 13.8 Å². The minimum Gasteiger partial charge on any atom is -0.493 e. The summed E-state index contributed by atoms with van der Waals surface area (Å²) in [7, 11) is 1.47. The number of thioether (sulfide) groups is 1. The highest BCUT2D eigenvalue weighted by Gasteiger charge is 2.37. The molecule has 2 aliphatic heterocycles. The van der Waals surface area contributed by atoms with Crippen LogP contribution in [0.25, 0.3) is 6.08 Å². The average Bonchev–Trinajstić information content (AvgIpc) is 3.25. The highest BCUT2D eigenvalue weighted by atomic mass is 79.9. The van der Waals surface area contributed by atoms with Gasteiger partial charge in [0.25, 0.3) is 17.1 Å². The van der Waals surface area contributed by atoms with Crippen LogP contribution < -0.4 is 14.8 Å². The summed E-state index contributed by atoms with van der Waals surface area (Å²) in [6.45, 7) is 4.41. The summed E-state index contributed by atoms with van der Waals surface area (Å²) in [5.74, 6) is -0.430. The van der Waals surface area contributed by atoms with Crippen molar-refractivity contribution in [3.8, 4) is 11.5 Å². The van der Waals surface area contributed by atoms with Gasteiger partial charge >= 0.3 is 0 Å². The number of imide groups is 1.